The number of ether oxygens (including phenoxy) is 1. The molecule has 0 N–H and O–H groups in total. The second kappa shape index (κ2) is 12.1. The second-order valence-electron chi connectivity index (χ2n) is 13.1. The van der Waals surface area contributed by atoms with E-state index in [0.717, 1.165) is 48.6 Å². The summed E-state index contributed by atoms with van der Waals surface area (Å²) in [5.41, 5.74) is 2.41. The first-order valence-electron chi connectivity index (χ1n) is 15.7. The van der Waals surface area contributed by atoms with Gasteiger partial charge in [0.1, 0.15) is 11.1 Å². The molecule has 0 radical (unpaired) electrons. The van der Waals surface area contributed by atoms with Gasteiger partial charge in [-0.05, 0) is 75.9 Å². The first-order chi connectivity index (χ1) is 21.2. The summed E-state index contributed by atoms with van der Waals surface area (Å²) >= 11 is 0. The predicted molar refractivity (Wildman–Crippen MR) is 171 cm³/mol. The molecule has 3 heterocycles. The number of piperidine rings is 1. The van der Waals surface area contributed by atoms with Crippen LogP contribution in [-0.4, -0.2) is 71.6 Å². The molecule has 0 aromatic heterocycles. The van der Waals surface area contributed by atoms with Crippen molar-refractivity contribution >= 4 is 29.2 Å². The summed E-state index contributed by atoms with van der Waals surface area (Å²) < 4.78 is 5.88. The predicted octanol–water partition coefficient (Wildman–Crippen LogP) is 5.19. The van der Waals surface area contributed by atoms with Crippen LogP contribution in [-0.2, 0) is 25.5 Å². The molecular formula is C36H42N4O4. The average molecular weight is 595 g/mol. The standard InChI is InChI=1S/C36H42N4O4/c1-35(2,3)44-33(42)32(27-13-6-4-7-14-27)39-26-40(29-16-8-5-9-17-29)36(34(39)43)19-23-37(24-20-36)21-12-22-38-30-18-11-10-15-28(30)25-31(38)41/h4-11,13-18,32H,12,19-26H2,1-3H3. The summed E-state index contributed by atoms with van der Waals surface area (Å²) in [6.45, 7) is 8.93. The molecule has 2 amide bonds. The van der Waals surface area contributed by atoms with E-state index in [1.54, 1.807) is 4.90 Å². The van der Waals surface area contributed by atoms with Crippen LogP contribution in [0.5, 0.6) is 0 Å². The van der Waals surface area contributed by atoms with Crippen molar-refractivity contribution in [2.75, 3.05) is 42.6 Å². The van der Waals surface area contributed by atoms with E-state index in [-0.39, 0.29) is 11.8 Å². The molecular weight excluding hydrogens is 552 g/mol. The third-order valence-corrected chi connectivity index (χ3v) is 9.06. The van der Waals surface area contributed by atoms with Gasteiger partial charge in [0.25, 0.3) is 5.91 Å². The molecule has 1 unspecified atom stereocenters. The highest BCUT2D eigenvalue weighted by molar-refractivity contribution is 6.01. The van der Waals surface area contributed by atoms with Crippen molar-refractivity contribution in [2.24, 2.45) is 0 Å². The maximum atomic E-state index is 14.6. The number of benzene rings is 3. The zero-order valence-electron chi connectivity index (χ0n) is 25.9. The van der Waals surface area contributed by atoms with E-state index in [9.17, 15) is 14.4 Å². The van der Waals surface area contributed by atoms with Crippen LogP contribution in [0.4, 0.5) is 11.4 Å². The summed E-state index contributed by atoms with van der Waals surface area (Å²) in [6, 6.07) is 26.7. The van der Waals surface area contributed by atoms with Gasteiger partial charge in [0.05, 0.1) is 13.1 Å². The van der Waals surface area contributed by atoms with Gasteiger partial charge in [-0.2, -0.15) is 0 Å². The summed E-state index contributed by atoms with van der Waals surface area (Å²) in [6.07, 6.45) is 2.64. The lowest BCUT2D eigenvalue weighted by molar-refractivity contribution is -0.164. The van der Waals surface area contributed by atoms with Crippen LogP contribution in [0.3, 0.4) is 0 Å². The van der Waals surface area contributed by atoms with Gasteiger partial charge in [0.2, 0.25) is 5.91 Å². The first-order valence-corrected chi connectivity index (χ1v) is 15.7. The number of hydrogen-bond acceptors (Lipinski definition) is 6. The monoisotopic (exact) mass is 594 g/mol. The number of anilines is 2. The normalized spacial score (nSPS) is 19.0. The fourth-order valence-corrected chi connectivity index (χ4v) is 6.95. The Morgan fingerprint density at radius 1 is 0.864 bits per heavy atom. The van der Waals surface area contributed by atoms with Crippen molar-refractivity contribution in [1.29, 1.82) is 0 Å². The number of carbonyl (C=O) groups excluding carboxylic acids is 3. The molecule has 3 aromatic carbocycles. The van der Waals surface area contributed by atoms with Crippen molar-refractivity contribution in [1.82, 2.24) is 9.80 Å². The van der Waals surface area contributed by atoms with E-state index in [2.05, 4.69) is 9.80 Å². The Balaban J connectivity index is 1.20. The Kier molecular flexibility index (Phi) is 8.20. The van der Waals surface area contributed by atoms with Crippen molar-refractivity contribution in [2.45, 2.75) is 63.6 Å². The number of nitrogens with zero attached hydrogens (tertiary/aromatic N) is 4. The van der Waals surface area contributed by atoms with Crippen molar-refractivity contribution in [3.63, 3.8) is 0 Å². The molecule has 0 bridgehead atoms. The molecule has 1 spiro atoms. The van der Waals surface area contributed by atoms with Crippen LogP contribution >= 0.6 is 0 Å². The van der Waals surface area contributed by atoms with Crippen molar-refractivity contribution in [3.05, 3.63) is 96.1 Å². The fourth-order valence-electron chi connectivity index (χ4n) is 6.95. The largest absolute Gasteiger partial charge is 0.458 e. The summed E-state index contributed by atoms with van der Waals surface area (Å²) in [5.74, 6) is -0.283. The molecule has 3 aliphatic rings. The van der Waals surface area contributed by atoms with Crippen LogP contribution in [0.1, 0.15) is 57.2 Å². The summed E-state index contributed by atoms with van der Waals surface area (Å²) in [5, 5.41) is 0. The first kappa shape index (κ1) is 29.9. The Labute approximate surface area is 260 Å². The highest BCUT2D eigenvalue weighted by atomic mass is 16.6. The summed E-state index contributed by atoms with van der Waals surface area (Å²) in [7, 11) is 0. The van der Waals surface area contributed by atoms with E-state index < -0.39 is 23.2 Å². The van der Waals surface area contributed by atoms with Crippen LogP contribution < -0.4 is 9.80 Å². The van der Waals surface area contributed by atoms with Crippen LogP contribution in [0.25, 0.3) is 0 Å². The lowest BCUT2D eigenvalue weighted by Crippen LogP contribution is -2.57. The highest BCUT2D eigenvalue weighted by Gasteiger charge is 2.56. The summed E-state index contributed by atoms with van der Waals surface area (Å²) in [4.78, 5) is 49.2. The van der Waals surface area contributed by atoms with Gasteiger partial charge in [-0.15, -0.1) is 0 Å². The minimum atomic E-state index is -0.840. The maximum absolute atomic E-state index is 14.6. The van der Waals surface area contributed by atoms with Crippen LogP contribution in [0.15, 0.2) is 84.9 Å². The molecule has 230 valence electrons. The zero-order chi connectivity index (χ0) is 30.9. The Morgan fingerprint density at radius 2 is 1.50 bits per heavy atom. The molecule has 8 heteroatoms. The number of carbonyl (C=O) groups is 3. The van der Waals surface area contributed by atoms with Crippen molar-refractivity contribution < 1.29 is 19.1 Å². The highest BCUT2D eigenvalue weighted by Crippen LogP contribution is 2.43. The molecule has 8 nitrogen and oxygen atoms in total. The number of hydrogen-bond donors (Lipinski definition) is 0. The molecule has 44 heavy (non-hydrogen) atoms. The number of fused-ring (bicyclic) bond motifs is 1. The maximum Gasteiger partial charge on any atom is 0.334 e. The van der Waals surface area contributed by atoms with Gasteiger partial charge in [-0.1, -0.05) is 66.7 Å². The van der Waals surface area contributed by atoms with E-state index in [4.69, 9.17) is 4.74 Å². The van der Waals surface area contributed by atoms with E-state index in [1.807, 2.05) is 111 Å². The van der Waals surface area contributed by atoms with E-state index in [0.29, 0.717) is 32.5 Å². The molecule has 0 saturated carbocycles. The molecule has 2 fully saturated rings. The fraction of sp³-hybridized carbons (Fsp3) is 0.417. The van der Waals surface area contributed by atoms with Gasteiger partial charge in [0.15, 0.2) is 6.04 Å². The van der Waals surface area contributed by atoms with Gasteiger partial charge in [0, 0.05) is 31.0 Å². The smallest absolute Gasteiger partial charge is 0.334 e. The van der Waals surface area contributed by atoms with Crippen molar-refractivity contribution in [3.8, 4) is 0 Å². The van der Waals surface area contributed by atoms with Gasteiger partial charge < -0.3 is 24.3 Å². The SMILES string of the molecule is CC(C)(C)OC(=O)C(c1ccccc1)N1CN(c2ccccc2)C2(CCN(CCCN3C(=O)Cc4ccccc43)CC2)C1=O. The topological polar surface area (TPSA) is 73.4 Å². The Morgan fingerprint density at radius 3 is 2.18 bits per heavy atom. The van der Waals surface area contributed by atoms with Crippen LogP contribution in [0.2, 0.25) is 0 Å². The third-order valence-electron chi connectivity index (χ3n) is 9.06. The van der Waals surface area contributed by atoms with E-state index >= 15 is 0 Å². The molecule has 3 aromatic rings. The molecule has 0 aliphatic carbocycles. The Bertz CT molecular complexity index is 1500. The number of likely N-dealkylation sites (tertiary alicyclic amines) is 1. The second-order valence-corrected chi connectivity index (χ2v) is 13.1. The molecule has 2 saturated heterocycles. The van der Waals surface area contributed by atoms with Gasteiger partial charge in [-0.25, -0.2) is 4.79 Å². The number of esters is 1. The number of amides is 2. The van der Waals surface area contributed by atoms with Gasteiger partial charge in [-0.3, -0.25) is 9.59 Å². The molecule has 1 atom stereocenters. The average Bonchev–Trinajstić information content (AvgIpc) is 3.47. The van der Waals surface area contributed by atoms with Crippen LogP contribution in [0, 0.1) is 0 Å². The minimum absolute atomic E-state index is 0.0278. The lowest BCUT2D eigenvalue weighted by Gasteiger charge is -2.43. The third kappa shape index (κ3) is 5.83. The van der Waals surface area contributed by atoms with E-state index in [1.165, 1.54) is 0 Å². The molecule has 6 rings (SSSR count). The Hall–Kier alpha value is -4.17. The lowest BCUT2D eigenvalue weighted by atomic mass is 9.85. The number of para-hydroxylation sites is 2. The number of rotatable bonds is 8. The minimum Gasteiger partial charge on any atom is -0.458 e. The quantitative estimate of drug-likeness (QED) is 0.335. The molecule has 3 aliphatic heterocycles. The van der Waals surface area contributed by atoms with Gasteiger partial charge >= 0.3 is 5.97 Å². The zero-order valence-corrected chi connectivity index (χ0v) is 25.9.